The molecule has 27 heavy (non-hydrogen) atoms. The Morgan fingerprint density at radius 3 is 2.85 bits per heavy atom. The first-order chi connectivity index (χ1) is 13.1. The van der Waals surface area contributed by atoms with Crippen molar-refractivity contribution in [3.05, 3.63) is 24.0 Å². The molecule has 0 radical (unpaired) electrons. The van der Waals surface area contributed by atoms with Crippen molar-refractivity contribution < 1.29 is 14.3 Å². The molecule has 3 heterocycles. The molecule has 2 aliphatic rings. The van der Waals surface area contributed by atoms with Gasteiger partial charge in [-0.05, 0) is 38.0 Å². The van der Waals surface area contributed by atoms with Crippen LogP contribution in [0.25, 0.3) is 11.0 Å². The highest BCUT2D eigenvalue weighted by Gasteiger charge is 2.31. The van der Waals surface area contributed by atoms with Crippen molar-refractivity contribution in [3.63, 3.8) is 0 Å². The van der Waals surface area contributed by atoms with Gasteiger partial charge in [0.2, 0.25) is 5.91 Å². The quantitative estimate of drug-likeness (QED) is 0.844. The Morgan fingerprint density at radius 1 is 1.22 bits per heavy atom. The predicted octanol–water partition coefficient (Wildman–Crippen LogP) is 1.97. The van der Waals surface area contributed by atoms with Crippen LogP contribution in [0.4, 0.5) is 10.5 Å². The Morgan fingerprint density at radius 2 is 2.04 bits per heavy atom. The number of benzene rings is 1. The van der Waals surface area contributed by atoms with Crippen LogP contribution in [0.1, 0.15) is 18.7 Å². The van der Waals surface area contributed by atoms with Gasteiger partial charge in [0.1, 0.15) is 5.82 Å². The monoisotopic (exact) mass is 371 g/mol. The average molecular weight is 371 g/mol. The fourth-order valence-electron chi connectivity index (χ4n) is 3.82. The Hall–Kier alpha value is -2.61. The van der Waals surface area contributed by atoms with Crippen LogP contribution in [0.2, 0.25) is 0 Å². The van der Waals surface area contributed by atoms with E-state index in [0.717, 1.165) is 35.4 Å². The molecular weight excluding hydrogens is 346 g/mol. The van der Waals surface area contributed by atoms with Crippen LogP contribution >= 0.6 is 0 Å². The van der Waals surface area contributed by atoms with E-state index < -0.39 is 0 Å². The number of likely N-dealkylation sites (tertiary alicyclic amines) is 1. The summed E-state index contributed by atoms with van der Waals surface area (Å²) >= 11 is 0. The molecule has 2 N–H and O–H groups in total. The van der Waals surface area contributed by atoms with Crippen molar-refractivity contribution in [1.29, 1.82) is 0 Å². The van der Waals surface area contributed by atoms with E-state index in [0.29, 0.717) is 39.4 Å². The van der Waals surface area contributed by atoms with Gasteiger partial charge in [-0.1, -0.05) is 0 Å². The topological polar surface area (TPSA) is 90.6 Å². The minimum atomic E-state index is -0.162. The zero-order chi connectivity index (χ0) is 18.8. The summed E-state index contributed by atoms with van der Waals surface area (Å²) in [5.74, 6) is 0.861. The van der Waals surface area contributed by atoms with Gasteiger partial charge in [-0.3, -0.25) is 4.79 Å². The van der Waals surface area contributed by atoms with Crippen molar-refractivity contribution >= 4 is 28.7 Å². The second-order valence-electron chi connectivity index (χ2n) is 7.21. The molecule has 0 saturated carbocycles. The number of carbonyl (C=O) groups excluding carboxylic acids is 2. The molecule has 144 valence electrons. The van der Waals surface area contributed by atoms with E-state index in [-0.39, 0.29) is 17.9 Å². The normalized spacial score (nSPS) is 20.7. The standard InChI is InChI=1S/C19H25N5O3/c1-13-20-16-5-4-15(11-17(16)21-13)22-19(26)24-6-2-3-14(12-24)18(25)23-7-9-27-10-8-23/h4-5,11,14H,2-3,6-10,12H2,1H3,(H,20,21)(H,22,26). The van der Waals surface area contributed by atoms with Crippen molar-refractivity contribution in [1.82, 2.24) is 19.8 Å². The number of H-pyrrole nitrogens is 1. The Kier molecular flexibility index (Phi) is 4.98. The van der Waals surface area contributed by atoms with Crippen molar-refractivity contribution in [2.45, 2.75) is 19.8 Å². The summed E-state index contributed by atoms with van der Waals surface area (Å²) in [6, 6.07) is 5.45. The summed E-state index contributed by atoms with van der Waals surface area (Å²) in [4.78, 5) is 36.6. The van der Waals surface area contributed by atoms with Crippen LogP contribution in [0, 0.1) is 12.8 Å². The third-order valence-corrected chi connectivity index (χ3v) is 5.23. The summed E-state index contributed by atoms with van der Waals surface area (Å²) in [6.45, 7) is 5.52. The zero-order valence-electron chi connectivity index (χ0n) is 15.5. The molecule has 2 aromatic rings. The molecule has 0 aliphatic carbocycles. The van der Waals surface area contributed by atoms with Gasteiger partial charge in [-0.25, -0.2) is 9.78 Å². The number of urea groups is 1. The molecule has 4 rings (SSSR count). The van der Waals surface area contributed by atoms with E-state index in [9.17, 15) is 9.59 Å². The maximum atomic E-state index is 12.7. The summed E-state index contributed by atoms with van der Waals surface area (Å²) in [5, 5.41) is 2.95. The number of hydrogen-bond acceptors (Lipinski definition) is 4. The number of aromatic amines is 1. The fraction of sp³-hybridized carbons (Fsp3) is 0.526. The number of nitrogens with zero attached hydrogens (tertiary/aromatic N) is 3. The van der Waals surface area contributed by atoms with Gasteiger partial charge in [0.15, 0.2) is 0 Å². The van der Waals surface area contributed by atoms with Gasteiger partial charge in [0, 0.05) is 31.9 Å². The maximum Gasteiger partial charge on any atom is 0.321 e. The summed E-state index contributed by atoms with van der Waals surface area (Å²) in [5.41, 5.74) is 2.49. The number of morpholine rings is 1. The van der Waals surface area contributed by atoms with Crippen LogP contribution in [0.5, 0.6) is 0 Å². The molecule has 8 heteroatoms. The van der Waals surface area contributed by atoms with E-state index >= 15 is 0 Å². The van der Waals surface area contributed by atoms with Crippen LogP contribution in [-0.2, 0) is 9.53 Å². The smallest absolute Gasteiger partial charge is 0.321 e. The molecule has 2 fully saturated rings. The molecule has 8 nitrogen and oxygen atoms in total. The Bertz CT molecular complexity index is 843. The first-order valence-electron chi connectivity index (χ1n) is 9.49. The number of hydrogen-bond donors (Lipinski definition) is 2. The molecule has 1 unspecified atom stereocenters. The van der Waals surface area contributed by atoms with E-state index in [1.54, 1.807) is 4.90 Å². The third-order valence-electron chi connectivity index (χ3n) is 5.23. The van der Waals surface area contributed by atoms with Crippen LogP contribution in [-0.4, -0.2) is 71.1 Å². The number of ether oxygens (including phenoxy) is 1. The van der Waals surface area contributed by atoms with Crippen LogP contribution < -0.4 is 5.32 Å². The van der Waals surface area contributed by atoms with Crippen molar-refractivity contribution in [3.8, 4) is 0 Å². The lowest BCUT2D eigenvalue weighted by molar-refractivity contribution is -0.141. The number of carbonyl (C=O) groups is 2. The van der Waals surface area contributed by atoms with Crippen molar-refractivity contribution in [2.24, 2.45) is 5.92 Å². The largest absolute Gasteiger partial charge is 0.378 e. The number of aryl methyl sites for hydroxylation is 1. The second-order valence-corrected chi connectivity index (χ2v) is 7.21. The van der Waals surface area contributed by atoms with E-state index in [1.807, 2.05) is 30.0 Å². The fourth-order valence-corrected chi connectivity index (χ4v) is 3.82. The first kappa shape index (κ1) is 17.8. The zero-order valence-corrected chi connectivity index (χ0v) is 15.5. The van der Waals surface area contributed by atoms with Crippen LogP contribution in [0.3, 0.4) is 0 Å². The third kappa shape index (κ3) is 3.90. The number of amides is 3. The first-order valence-corrected chi connectivity index (χ1v) is 9.49. The molecule has 0 spiro atoms. The number of fused-ring (bicyclic) bond motifs is 1. The molecule has 3 amide bonds. The summed E-state index contributed by atoms with van der Waals surface area (Å²) in [6.07, 6.45) is 1.67. The predicted molar refractivity (Wildman–Crippen MR) is 102 cm³/mol. The van der Waals surface area contributed by atoms with Gasteiger partial charge < -0.3 is 24.8 Å². The Labute approximate surface area is 157 Å². The molecule has 1 atom stereocenters. The summed E-state index contributed by atoms with van der Waals surface area (Å²) in [7, 11) is 0. The number of anilines is 1. The van der Waals surface area contributed by atoms with Crippen LogP contribution in [0.15, 0.2) is 18.2 Å². The van der Waals surface area contributed by atoms with Gasteiger partial charge in [-0.2, -0.15) is 0 Å². The molecule has 1 aromatic heterocycles. The van der Waals surface area contributed by atoms with Gasteiger partial charge in [-0.15, -0.1) is 0 Å². The SMILES string of the molecule is Cc1nc2ccc(NC(=O)N3CCCC(C(=O)N4CCOCC4)C3)cc2[nH]1. The minimum Gasteiger partial charge on any atom is -0.378 e. The van der Waals surface area contributed by atoms with E-state index in [4.69, 9.17) is 4.74 Å². The molecular formula is C19H25N5O3. The Balaban J connectivity index is 1.39. The lowest BCUT2D eigenvalue weighted by atomic mass is 9.96. The molecule has 2 aliphatic heterocycles. The molecule has 0 bridgehead atoms. The lowest BCUT2D eigenvalue weighted by Crippen LogP contribution is -2.50. The second kappa shape index (κ2) is 7.56. The molecule has 1 aromatic carbocycles. The highest BCUT2D eigenvalue weighted by Crippen LogP contribution is 2.22. The van der Waals surface area contributed by atoms with Crippen molar-refractivity contribution in [2.75, 3.05) is 44.7 Å². The number of rotatable bonds is 2. The number of nitrogens with one attached hydrogen (secondary N) is 2. The van der Waals surface area contributed by atoms with E-state index in [1.165, 1.54) is 0 Å². The highest BCUT2D eigenvalue weighted by molar-refractivity contribution is 5.92. The van der Waals surface area contributed by atoms with Gasteiger partial charge in [0.05, 0.1) is 30.2 Å². The van der Waals surface area contributed by atoms with Gasteiger partial charge in [0.25, 0.3) is 0 Å². The average Bonchev–Trinajstić information content (AvgIpc) is 3.07. The lowest BCUT2D eigenvalue weighted by Gasteiger charge is -2.36. The van der Waals surface area contributed by atoms with Gasteiger partial charge >= 0.3 is 6.03 Å². The maximum absolute atomic E-state index is 12.7. The number of piperidine rings is 1. The minimum absolute atomic E-state index is 0.125. The number of imidazole rings is 1. The highest BCUT2D eigenvalue weighted by atomic mass is 16.5. The number of aromatic nitrogens is 2. The van der Waals surface area contributed by atoms with E-state index in [2.05, 4.69) is 15.3 Å². The summed E-state index contributed by atoms with van der Waals surface area (Å²) < 4.78 is 5.32. The molecule has 2 saturated heterocycles.